The molecule has 0 radical (unpaired) electrons. The highest BCUT2D eigenvalue weighted by Crippen LogP contribution is 2.45. The summed E-state index contributed by atoms with van der Waals surface area (Å²) in [7, 11) is 0. The van der Waals surface area contributed by atoms with Crippen molar-refractivity contribution in [1.82, 2.24) is 0 Å². The van der Waals surface area contributed by atoms with Crippen LogP contribution in [-0.2, 0) is 6.42 Å². The number of hydrogen-bond donors (Lipinski definition) is 0. The molecule has 0 spiro atoms. The van der Waals surface area contributed by atoms with Gasteiger partial charge < -0.3 is 9.15 Å². The molecule has 1 aliphatic rings. The Balaban J connectivity index is 1.06. The maximum atomic E-state index is 6.62. The van der Waals surface area contributed by atoms with Gasteiger partial charge in [-0.05, 0) is 70.1 Å². The van der Waals surface area contributed by atoms with E-state index in [1.807, 2.05) is 29.5 Å². The quantitative estimate of drug-likeness (QED) is 0.174. The van der Waals surface area contributed by atoms with E-state index in [4.69, 9.17) is 9.15 Å². The summed E-state index contributed by atoms with van der Waals surface area (Å²) in [6.07, 6.45) is 2.99. The van der Waals surface area contributed by atoms with Crippen LogP contribution in [0.25, 0.3) is 59.0 Å². The van der Waals surface area contributed by atoms with Gasteiger partial charge in [0.2, 0.25) is 0 Å². The second-order valence-corrected chi connectivity index (χ2v) is 13.8. The third-order valence-corrected chi connectivity index (χ3v) is 11.1. The second-order valence-electron chi connectivity index (χ2n) is 12.8. The molecule has 0 bridgehead atoms. The number of hydrogen-bond acceptors (Lipinski definition) is 3. The highest BCUT2D eigenvalue weighted by Gasteiger charge is 2.23. The molecule has 2 aromatic heterocycles. The molecule has 1 aliphatic heterocycles. The van der Waals surface area contributed by atoms with E-state index in [-0.39, 0.29) is 5.92 Å². The van der Waals surface area contributed by atoms with E-state index in [0.29, 0.717) is 0 Å². The van der Waals surface area contributed by atoms with Crippen molar-refractivity contribution in [2.45, 2.75) is 12.3 Å². The van der Waals surface area contributed by atoms with E-state index in [2.05, 4.69) is 146 Å². The van der Waals surface area contributed by atoms with Crippen molar-refractivity contribution in [3.8, 4) is 16.9 Å². The summed E-state index contributed by atoms with van der Waals surface area (Å²) in [6.45, 7) is 0. The molecule has 1 atom stereocenters. The molecular weight excluding hydrogens is 617 g/mol. The molecule has 0 saturated heterocycles. The minimum atomic E-state index is 0.114. The van der Waals surface area contributed by atoms with Crippen molar-refractivity contribution in [2.75, 3.05) is 0 Å². The SMILES string of the molecule is C1=C(c2ccccc2)Oc2c(ccc3oc4ccc(-c5ccc(C(c6ccccc6)c6cccc7c6sc6ccccc67)cc5)cc4c23)C1. The van der Waals surface area contributed by atoms with Crippen molar-refractivity contribution >= 4 is 59.2 Å². The number of furan rings is 1. The molecule has 1 unspecified atom stereocenters. The normalized spacial score (nSPS) is 13.4. The first-order valence-corrected chi connectivity index (χ1v) is 17.6. The number of rotatable bonds is 5. The van der Waals surface area contributed by atoms with Crippen LogP contribution in [-0.4, -0.2) is 0 Å². The van der Waals surface area contributed by atoms with Crippen LogP contribution in [0.2, 0.25) is 0 Å². The Bertz CT molecular complexity index is 2700. The molecule has 0 saturated carbocycles. The van der Waals surface area contributed by atoms with Gasteiger partial charge in [-0.25, -0.2) is 0 Å². The van der Waals surface area contributed by atoms with Crippen molar-refractivity contribution in [1.29, 1.82) is 0 Å². The van der Waals surface area contributed by atoms with Crippen LogP contribution in [0.15, 0.2) is 168 Å². The highest BCUT2D eigenvalue weighted by atomic mass is 32.1. The topological polar surface area (TPSA) is 22.4 Å². The first-order chi connectivity index (χ1) is 24.3. The fourth-order valence-corrected chi connectivity index (χ4v) is 8.78. The summed E-state index contributed by atoms with van der Waals surface area (Å²) < 4.78 is 15.7. The molecule has 0 amide bonds. The number of ether oxygens (including phenoxy) is 1. The van der Waals surface area contributed by atoms with E-state index >= 15 is 0 Å². The lowest BCUT2D eigenvalue weighted by Gasteiger charge is -2.20. The van der Waals surface area contributed by atoms with Gasteiger partial charge in [0.05, 0.1) is 5.39 Å². The van der Waals surface area contributed by atoms with Gasteiger partial charge in [0.15, 0.2) is 0 Å². The molecule has 3 heterocycles. The molecule has 7 aromatic carbocycles. The Hall–Kier alpha value is -5.90. The van der Waals surface area contributed by atoms with Crippen LogP contribution in [0, 0.1) is 0 Å². The molecule has 232 valence electrons. The number of thiophene rings is 1. The van der Waals surface area contributed by atoms with E-state index in [9.17, 15) is 0 Å². The first kappa shape index (κ1) is 28.1. The first-order valence-electron chi connectivity index (χ1n) is 16.8. The smallest absolute Gasteiger partial charge is 0.142 e. The zero-order chi connectivity index (χ0) is 32.3. The molecule has 0 fully saturated rings. The molecule has 9 aromatic rings. The van der Waals surface area contributed by atoms with Gasteiger partial charge in [0.1, 0.15) is 22.7 Å². The average Bonchev–Trinajstić information content (AvgIpc) is 3.75. The van der Waals surface area contributed by atoms with Crippen LogP contribution >= 0.6 is 11.3 Å². The number of allylic oxidation sites excluding steroid dienone is 1. The van der Waals surface area contributed by atoms with Crippen LogP contribution in [0.4, 0.5) is 0 Å². The van der Waals surface area contributed by atoms with Gasteiger partial charge in [0, 0.05) is 37.0 Å². The summed E-state index contributed by atoms with van der Waals surface area (Å²) in [4.78, 5) is 0. The van der Waals surface area contributed by atoms with Gasteiger partial charge in [-0.3, -0.25) is 0 Å². The Labute approximate surface area is 288 Å². The van der Waals surface area contributed by atoms with Crippen molar-refractivity contribution < 1.29 is 9.15 Å². The van der Waals surface area contributed by atoms with E-state index in [1.165, 1.54) is 48.0 Å². The van der Waals surface area contributed by atoms with Crippen LogP contribution in [0.1, 0.15) is 33.7 Å². The Kier molecular flexibility index (Phi) is 6.53. The Morgan fingerprint density at radius 2 is 1.24 bits per heavy atom. The lowest BCUT2D eigenvalue weighted by Crippen LogP contribution is -2.04. The van der Waals surface area contributed by atoms with Gasteiger partial charge in [0.25, 0.3) is 0 Å². The summed E-state index contributed by atoms with van der Waals surface area (Å²) in [5, 5.41) is 4.76. The number of benzene rings is 7. The molecule has 3 heteroatoms. The fraction of sp³-hybridized carbons (Fsp3) is 0.0435. The predicted octanol–water partition coefficient (Wildman–Crippen LogP) is 12.8. The maximum Gasteiger partial charge on any atom is 0.142 e. The third-order valence-electron chi connectivity index (χ3n) is 9.90. The molecule has 0 N–H and O–H groups in total. The molecule has 49 heavy (non-hydrogen) atoms. The lowest BCUT2D eigenvalue weighted by molar-refractivity contribution is 0.504. The van der Waals surface area contributed by atoms with Crippen LogP contribution in [0.3, 0.4) is 0 Å². The van der Waals surface area contributed by atoms with Gasteiger partial charge >= 0.3 is 0 Å². The zero-order valence-corrected chi connectivity index (χ0v) is 27.4. The van der Waals surface area contributed by atoms with Crippen molar-refractivity contribution in [2.24, 2.45) is 0 Å². The van der Waals surface area contributed by atoms with Crippen molar-refractivity contribution in [3.05, 3.63) is 192 Å². The van der Waals surface area contributed by atoms with Crippen LogP contribution < -0.4 is 4.74 Å². The minimum absolute atomic E-state index is 0.114. The fourth-order valence-electron chi connectivity index (χ4n) is 7.53. The van der Waals surface area contributed by atoms with Crippen LogP contribution in [0.5, 0.6) is 5.75 Å². The Morgan fingerprint density at radius 1 is 0.531 bits per heavy atom. The maximum absolute atomic E-state index is 6.62. The molecular formula is C46H30O2S. The van der Waals surface area contributed by atoms with Gasteiger partial charge in [-0.1, -0.05) is 133 Å². The van der Waals surface area contributed by atoms with Gasteiger partial charge in [-0.2, -0.15) is 0 Å². The highest BCUT2D eigenvalue weighted by molar-refractivity contribution is 7.26. The standard InChI is InChI=1S/C46H30O2S/c1-3-10-30(11-4-1)39-25-22-33-23-27-41-44(45(33)48-39)38-28-34(24-26-40(38)47-41)29-18-20-32(21-19-29)43(31-12-5-2-6-13-31)37-16-9-15-36-35-14-7-8-17-42(35)49-46(36)37/h1-21,23-28,43H,22H2. The van der Waals surface area contributed by atoms with Crippen molar-refractivity contribution in [3.63, 3.8) is 0 Å². The van der Waals surface area contributed by atoms with E-state index in [0.717, 1.165) is 51.0 Å². The molecule has 0 aliphatic carbocycles. The zero-order valence-electron chi connectivity index (χ0n) is 26.6. The monoisotopic (exact) mass is 646 g/mol. The Morgan fingerprint density at radius 3 is 2.10 bits per heavy atom. The third kappa shape index (κ3) is 4.69. The van der Waals surface area contributed by atoms with E-state index in [1.54, 1.807) is 0 Å². The molecule has 2 nitrogen and oxygen atoms in total. The largest absolute Gasteiger partial charge is 0.456 e. The number of fused-ring (bicyclic) bond motifs is 8. The second kappa shape index (κ2) is 11.4. The summed E-state index contributed by atoms with van der Waals surface area (Å²) in [5.41, 5.74) is 10.2. The summed E-state index contributed by atoms with van der Waals surface area (Å²) >= 11 is 1.89. The average molecular weight is 647 g/mol. The summed E-state index contributed by atoms with van der Waals surface area (Å²) in [5.74, 6) is 1.90. The minimum Gasteiger partial charge on any atom is -0.456 e. The summed E-state index contributed by atoms with van der Waals surface area (Å²) in [6, 6.07) is 56.6. The molecule has 10 rings (SSSR count). The lowest BCUT2D eigenvalue weighted by atomic mass is 9.84. The van der Waals surface area contributed by atoms with Gasteiger partial charge in [-0.15, -0.1) is 11.3 Å². The van der Waals surface area contributed by atoms with E-state index < -0.39 is 0 Å². The predicted molar refractivity (Wildman–Crippen MR) is 205 cm³/mol.